The van der Waals surface area contributed by atoms with Crippen LogP contribution in [0.3, 0.4) is 0 Å². The molecule has 0 spiro atoms. The van der Waals surface area contributed by atoms with Gasteiger partial charge in [-0.2, -0.15) is 0 Å². The summed E-state index contributed by atoms with van der Waals surface area (Å²) < 4.78 is 26.7. The van der Waals surface area contributed by atoms with E-state index in [1.165, 1.54) is 0 Å². The Labute approximate surface area is 144 Å². The maximum absolute atomic E-state index is 12.2. The number of aryl methyl sites for hydroxylation is 1. The van der Waals surface area contributed by atoms with Crippen molar-refractivity contribution in [3.8, 4) is 0 Å². The van der Waals surface area contributed by atoms with E-state index in [1.54, 1.807) is 6.07 Å². The fourth-order valence-corrected chi connectivity index (χ4v) is 3.99. The summed E-state index contributed by atoms with van der Waals surface area (Å²) in [5.41, 5.74) is 1.79. The lowest BCUT2D eigenvalue weighted by molar-refractivity contribution is -0.132. The number of carbonyl (C=O) groups is 1. The van der Waals surface area contributed by atoms with Crippen molar-refractivity contribution in [3.63, 3.8) is 0 Å². The molecular weight excluding hydrogens is 326 g/mol. The number of nitrogens with zero attached hydrogens (tertiary/aromatic N) is 2. The van der Waals surface area contributed by atoms with E-state index in [0.29, 0.717) is 0 Å². The van der Waals surface area contributed by atoms with Crippen molar-refractivity contribution in [1.82, 2.24) is 14.5 Å². The molecule has 1 aliphatic heterocycles. The van der Waals surface area contributed by atoms with Crippen LogP contribution in [-0.2, 0) is 20.6 Å². The van der Waals surface area contributed by atoms with Crippen LogP contribution in [0, 0.1) is 6.92 Å². The average molecular weight is 353 g/mol. The number of carbonyl (C=O) groups excluding carboxylic acids is 1. The number of hydrogen-bond acceptors (Lipinski definition) is 4. The lowest BCUT2D eigenvalue weighted by Gasteiger charge is -2.34. The van der Waals surface area contributed by atoms with E-state index in [9.17, 15) is 13.2 Å². The van der Waals surface area contributed by atoms with Crippen LogP contribution in [0.5, 0.6) is 0 Å². The highest BCUT2D eigenvalue weighted by molar-refractivity contribution is 7.88. The van der Waals surface area contributed by atoms with Gasteiger partial charge in [0.25, 0.3) is 0 Å². The molecule has 134 valence electrons. The number of nitrogens with one attached hydrogen (secondary N) is 1. The summed E-state index contributed by atoms with van der Waals surface area (Å²) in [5.74, 6) is -0.0399. The monoisotopic (exact) mass is 353 g/mol. The summed E-state index contributed by atoms with van der Waals surface area (Å²) in [6.45, 7) is 8.43. The van der Waals surface area contributed by atoms with E-state index in [1.807, 2.05) is 30.0 Å². The molecule has 0 atom stereocenters. The van der Waals surface area contributed by atoms with Crippen LogP contribution in [0.15, 0.2) is 24.3 Å². The second-order valence-corrected chi connectivity index (χ2v) is 8.01. The molecule has 0 saturated carbocycles. The fourth-order valence-electron chi connectivity index (χ4n) is 2.86. The lowest BCUT2D eigenvalue weighted by Crippen LogP contribution is -2.49. The number of piperazine rings is 1. The van der Waals surface area contributed by atoms with Gasteiger partial charge in [-0.25, -0.2) is 13.1 Å². The molecule has 1 aromatic rings. The third-order valence-corrected chi connectivity index (χ3v) is 5.63. The first kappa shape index (κ1) is 18.9. The molecule has 0 bridgehead atoms. The number of benzene rings is 1. The van der Waals surface area contributed by atoms with Crippen molar-refractivity contribution < 1.29 is 13.2 Å². The first-order valence-electron chi connectivity index (χ1n) is 8.42. The Kier molecular flexibility index (Phi) is 6.77. The maximum Gasteiger partial charge on any atom is 0.223 e. The third kappa shape index (κ3) is 5.89. The number of hydrogen-bond donors (Lipinski definition) is 1. The molecule has 6 nitrogen and oxygen atoms in total. The van der Waals surface area contributed by atoms with Crippen LogP contribution in [-0.4, -0.2) is 63.4 Å². The largest absolute Gasteiger partial charge is 0.340 e. The molecule has 1 heterocycles. The molecule has 1 saturated heterocycles. The molecule has 24 heavy (non-hydrogen) atoms. The van der Waals surface area contributed by atoms with Crippen molar-refractivity contribution in [3.05, 3.63) is 35.4 Å². The molecule has 7 heteroatoms. The number of sulfonamides is 1. The van der Waals surface area contributed by atoms with Gasteiger partial charge in [0.2, 0.25) is 15.9 Å². The highest BCUT2D eigenvalue weighted by Crippen LogP contribution is 2.08. The van der Waals surface area contributed by atoms with Gasteiger partial charge in [-0.15, -0.1) is 0 Å². The smallest absolute Gasteiger partial charge is 0.223 e. The van der Waals surface area contributed by atoms with E-state index in [2.05, 4.69) is 16.5 Å². The second-order valence-electron chi connectivity index (χ2n) is 6.21. The minimum atomic E-state index is -3.42. The Hall–Kier alpha value is -1.44. The maximum atomic E-state index is 12.2. The topological polar surface area (TPSA) is 69.7 Å². The van der Waals surface area contributed by atoms with Gasteiger partial charge in [0.1, 0.15) is 0 Å². The van der Waals surface area contributed by atoms with E-state index in [-0.39, 0.29) is 24.6 Å². The zero-order chi connectivity index (χ0) is 17.6. The molecular formula is C17H27N3O3S. The molecule has 0 unspecified atom stereocenters. The van der Waals surface area contributed by atoms with E-state index >= 15 is 0 Å². The molecule has 1 amide bonds. The van der Waals surface area contributed by atoms with Crippen LogP contribution < -0.4 is 4.72 Å². The Morgan fingerprint density at radius 3 is 2.54 bits per heavy atom. The van der Waals surface area contributed by atoms with Crippen LogP contribution in [0.1, 0.15) is 24.5 Å². The zero-order valence-corrected chi connectivity index (χ0v) is 15.3. The summed E-state index contributed by atoms with van der Waals surface area (Å²) in [6.07, 6.45) is 0.208. The lowest BCUT2D eigenvalue weighted by atomic mass is 10.2. The van der Waals surface area contributed by atoms with Gasteiger partial charge < -0.3 is 9.80 Å². The van der Waals surface area contributed by atoms with Crippen molar-refractivity contribution in [2.24, 2.45) is 0 Å². The van der Waals surface area contributed by atoms with Crippen molar-refractivity contribution >= 4 is 15.9 Å². The first-order chi connectivity index (χ1) is 11.4. The van der Waals surface area contributed by atoms with Crippen molar-refractivity contribution in [1.29, 1.82) is 0 Å². The molecule has 0 aromatic heterocycles. The molecule has 2 rings (SSSR count). The average Bonchev–Trinajstić information content (AvgIpc) is 2.54. The summed E-state index contributed by atoms with van der Waals surface area (Å²) >= 11 is 0. The van der Waals surface area contributed by atoms with Gasteiger partial charge in [-0.3, -0.25) is 4.79 Å². The Morgan fingerprint density at radius 2 is 1.92 bits per heavy atom. The van der Waals surface area contributed by atoms with Gasteiger partial charge >= 0.3 is 0 Å². The Bertz CT molecular complexity index is 653. The quantitative estimate of drug-likeness (QED) is 0.793. The van der Waals surface area contributed by atoms with Gasteiger partial charge in [0, 0.05) is 39.1 Å². The summed E-state index contributed by atoms with van der Waals surface area (Å²) in [4.78, 5) is 16.3. The van der Waals surface area contributed by atoms with Crippen LogP contribution in [0.25, 0.3) is 0 Å². The molecule has 1 N–H and O–H groups in total. The highest BCUT2D eigenvalue weighted by atomic mass is 32.2. The molecule has 1 aliphatic rings. The van der Waals surface area contributed by atoms with Gasteiger partial charge in [-0.05, 0) is 19.0 Å². The van der Waals surface area contributed by atoms with Crippen LogP contribution >= 0.6 is 0 Å². The van der Waals surface area contributed by atoms with E-state index in [4.69, 9.17) is 0 Å². The number of amides is 1. The normalized spacial score (nSPS) is 16.3. The fraction of sp³-hybridized carbons (Fsp3) is 0.588. The van der Waals surface area contributed by atoms with E-state index < -0.39 is 10.0 Å². The van der Waals surface area contributed by atoms with Crippen molar-refractivity contribution in [2.45, 2.75) is 26.0 Å². The Balaban J connectivity index is 1.75. The van der Waals surface area contributed by atoms with Crippen LogP contribution in [0.2, 0.25) is 0 Å². The first-order valence-corrected chi connectivity index (χ1v) is 10.1. The summed E-state index contributed by atoms with van der Waals surface area (Å²) in [6, 6.07) is 7.43. The van der Waals surface area contributed by atoms with Gasteiger partial charge in [0.15, 0.2) is 0 Å². The van der Waals surface area contributed by atoms with E-state index in [0.717, 1.165) is 43.9 Å². The van der Waals surface area contributed by atoms with Gasteiger partial charge in [0.05, 0.1) is 5.75 Å². The molecule has 1 fully saturated rings. The number of rotatable bonds is 7. The third-order valence-electron chi connectivity index (χ3n) is 4.27. The second kappa shape index (κ2) is 8.60. The summed E-state index contributed by atoms with van der Waals surface area (Å²) in [5, 5.41) is 0. The highest BCUT2D eigenvalue weighted by Gasteiger charge is 2.20. The predicted octanol–water partition coefficient (Wildman–Crippen LogP) is 0.969. The SMILES string of the molecule is CCN1CCN(C(=O)CCNS(=O)(=O)Cc2cccc(C)c2)CC1. The predicted molar refractivity (Wildman–Crippen MR) is 95.1 cm³/mol. The minimum Gasteiger partial charge on any atom is -0.340 e. The minimum absolute atomic E-state index is 0.0176. The standard InChI is InChI=1S/C17H27N3O3S/c1-3-19-9-11-20(12-10-19)17(21)7-8-18-24(22,23)14-16-6-4-5-15(2)13-16/h4-6,13,18H,3,7-12,14H2,1-2H3. The Morgan fingerprint density at radius 1 is 1.21 bits per heavy atom. The molecule has 1 aromatic carbocycles. The van der Waals surface area contributed by atoms with Crippen molar-refractivity contribution in [2.75, 3.05) is 39.3 Å². The molecule has 0 radical (unpaired) electrons. The summed E-state index contributed by atoms with van der Waals surface area (Å²) in [7, 11) is -3.42. The van der Waals surface area contributed by atoms with Crippen LogP contribution in [0.4, 0.5) is 0 Å². The zero-order valence-electron chi connectivity index (χ0n) is 14.5. The number of likely N-dealkylation sites (N-methyl/N-ethyl adjacent to an activating group) is 1. The van der Waals surface area contributed by atoms with Gasteiger partial charge in [-0.1, -0.05) is 36.8 Å². The molecule has 0 aliphatic carbocycles.